The fourth-order valence-electron chi connectivity index (χ4n) is 2.96. The van der Waals surface area contributed by atoms with E-state index < -0.39 is 0 Å². The van der Waals surface area contributed by atoms with Crippen LogP contribution in [0.1, 0.15) is 56.5 Å². The maximum absolute atomic E-state index is 12.5. The number of benzene rings is 1. The average molecular weight is 366 g/mol. The monoisotopic (exact) mass is 365 g/mol. The van der Waals surface area contributed by atoms with Crippen LogP contribution in [-0.2, 0) is 11.2 Å². The third-order valence-electron chi connectivity index (χ3n) is 4.15. The molecular formula is C18H24BrNO2. The van der Waals surface area contributed by atoms with Gasteiger partial charge in [-0.05, 0) is 49.4 Å². The van der Waals surface area contributed by atoms with Crippen molar-refractivity contribution in [2.75, 3.05) is 4.90 Å². The van der Waals surface area contributed by atoms with E-state index in [4.69, 9.17) is 0 Å². The molecule has 3 nitrogen and oxygen atoms in total. The van der Waals surface area contributed by atoms with Crippen molar-refractivity contribution in [1.82, 2.24) is 0 Å². The fraction of sp³-hybridized carbons (Fsp3) is 0.556. The Labute approximate surface area is 141 Å². The van der Waals surface area contributed by atoms with Crippen molar-refractivity contribution in [3.05, 3.63) is 29.3 Å². The third kappa shape index (κ3) is 3.27. The summed E-state index contributed by atoms with van der Waals surface area (Å²) in [5, 5.41) is 0. The van der Waals surface area contributed by atoms with Crippen LogP contribution in [0, 0.1) is 5.92 Å². The summed E-state index contributed by atoms with van der Waals surface area (Å²) < 4.78 is 0. The van der Waals surface area contributed by atoms with Crippen LogP contribution in [0.5, 0.6) is 0 Å². The van der Waals surface area contributed by atoms with Gasteiger partial charge in [0.25, 0.3) is 0 Å². The van der Waals surface area contributed by atoms with E-state index in [1.807, 2.05) is 43.9 Å². The molecule has 0 aromatic heterocycles. The van der Waals surface area contributed by atoms with E-state index in [-0.39, 0.29) is 28.5 Å². The summed E-state index contributed by atoms with van der Waals surface area (Å²) in [4.78, 5) is 26.5. The molecule has 1 aromatic carbocycles. The molecule has 0 spiro atoms. The van der Waals surface area contributed by atoms with Crippen LogP contribution in [-0.4, -0.2) is 22.6 Å². The summed E-state index contributed by atoms with van der Waals surface area (Å²) in [6.45, 7) is 8.13. The number of Topliss-reactive ketones (excluding diaryl/α,β-unsaturated/α-hetero) is 1. The van der Waals surface area contributed by atoms with Gasteiger partial charge in [-0.25, -0.2) is 0 Å². The minimum Gasteiger partial charge on any atom is -0.309 e. The highest BCUT2D eigenvalue weighted by Gasteiger charge is 2.31. The number of hydrogen-bond acceptors (Lipinski definition) is 2. The molecule has 4 heteroatoms. The summed E-state index contributed by atoms with van der Waals surface area (Å²) in [6, 6.07) is 5.91. The van der Waals surface area contributed by atoms with Gasteiger partial charge in [0, 0.05) is 23.7 Å². The Bertz CT molecular complexity index is 582. The van der Waals surface area contributed by atoms with E-state index in [9.17, 15) is 9.59 Å². The van der Waals surface area contributed by atoms with Crippen molar-refractivity contribution in [2.24, 2.45) is 5.92 Å². The van der Waals surface area contributed by atoms with Crippen molar-refractivity contribution in [3.63, 3.8) is 0 Å². The SMILES string of the molecule is CCCC(=O)N1c2ccc(C(=O)C(Br)C(C)C)cc2CC1C. The van der Waals surface area contributed by atoms with Gasteiger partial charge >= 0.3 is 0 Å². The van der Waals surface area contributed by atoms with Gasteiger partial charge in [0.05, 0.1) is 4.83 Å². The highest BCUT2D eigenvalue weighted by Crippen LogP contribution is 2.34. The van der Waals surface area contributed by atoms with Gasteiger partial charge in [0.2, 0.25) is 5.91 Å². The highest BCUT2D eigenvalue weighted by atomic mass is 79.9. The molecular weight excluding hydrogens is 342 g/mol. The van der Waals surface area contributed by atoms with Crippen molar-refractivity contribution in [1.29, 1.82) is 0 Å². The molecule has 1 aliphatic rings. The molecule has 2 rings (SSSR count). The van der Waals surface area contributed by atoms with Crippen LogP contribution in [0.15, 0.2) is 18.2 Å². The lowest BCUT2D eigenvalue weighted by Crippen LogP contribution is -2.35. The lowest BCUT2D eigenvalue weighted by molar-refractivity contribution is -0.118. The number of halogens is 1. The highest BCUT2D eigenvalue weighted by molar-refractivity contribution is 9.10. The first-order valence-electron chi connectivity index (χ1n) is 8.00. The summed E-state index contributed by atoms with van der Waals surface area (Å²) in [5.41, 5.74) is 2.80. The van der Waals surface area contributed by atoms with E-state index in [2.05, 4.69) is 22.9 Å². The summed E-state index contributed by atoms with van der Waals surface area (Å²) in [7, 11) is 0. The summed E-state index contributed by atoms with van der Waals surface area (Å²) >= 11 is 3.48. The fourth-order valence-corrected chi connectivity index (χ4v) is 3.23. The lowest BCUT2D eigenvalue weighted by Gasteiger charge is -2.22. The summed E-state index contributed by atoms with van der Waals surface area (Å²) in [6.07, 6.45) is 2.25. The van der Waals surface area contributed by atoms with Crippen LogP contribution >= 0.6 is 15.9 Å². The average Bonchev–Trinajstić information content (AvgIpc) is 2.80. The number of rotatable bonds is 5. The molecule has 0 N–H and O–H groups in total. The van der Waals surface area contributed by atoms with Crippen molar-refractivity contribution in [2.45, 2.75) is 57.8 Å². The second-order valence-corrected chi connectivity index (χ2v) is 7.41. The molecule has 0 saturated heterocycles. The predicted molar refractivity (Wildman–Crippen MR) is 93.9 cm³/mol. The molecule has 1 amide bonds. The van der Waals surface area contributed by atoms with Gasteiger partial charge in [-0.1, -0.05) is 36.7 Å². The first kappa shape index (κ1) is 17.2. The van der Waals surface area contributed by atoms with Gasteiger partial charge < -0.3 is 4.90 Å². The van der Waals surface area contributed by atoms with Gasteiger partial charge in [-0.15, -0.1) is 0 Å². The number of nitrogens with zero attached hydrogens (tertiary/aromatic N) is 1. The number of fused-ring (bicyclic) bond motifs is 1. The molecule has 120 valence electrons. The minimum atomic E-state index is -0.165. The molecule has 1 aliphatic heterocycles. The van der Waals surface area contributed by atoms with Crippen LogP contribution in [0.25, 0.3) is 0 Å². The Hall–Kier alpha value is -1.16. The predicted octanol–water partition coefficient (Wildman–Crippen LogP) is 4.37. The maximum atomic E-state index is 12.5. The smallest absolute Gasteiger partial charge is 0.227 e. The number of carbonyl (C=O) groups is 2. The molecule has 0 fully saturated rings. The Morgan fingerprint density at radius 3 is 2.64 bits per heavy atom. The second-order valence-electron chi connectivity index (χ2n) is 6.42. The molecule has 2 unspecified atom stereocenters. The van der Waals surface area contributed by atoms with E-state index in [1.54, 1.807) is 0 Å². The second kappa shape index (κ2) is 6.95. The Kier molecular flexibility index (Phi) is 5.43. The summed E-state index contributed by atoms with van der Waals surface area (Å²) in [5.74, 6) is 0.541. The van der Waals surface area contributed by atoms with Crippen LogP contribution in [0.2, 0.25) is 0 Å². The quantitative estimate of drug-likeness (QED) is 0.573. The molecule has 2 atom stereocenters. The Morgan fingerprint density at radius 1 is 1.36 bits per heavy atom. The van der Waals surface area contributed by atoms with Gasteiger partial charge in [-0.2, -0.15) is 0 Å². The van der Waals surface area contributed by atoms with Gasteiger partial charge in [-0.3, -0.25) is 9.59 Å². The first-order chi connectivity index (χ1) is 10.4. The Morgan fingerprint density at radius 2 is 2.05 bits per heavy atom. The molecule has 1 aromatic rings. The number of alkyl halides is 1. The minimum absolute atomic E-state index is 0.115. The third-order valence-corrected chi connectivity index (χ3v) is 5.62. The van der Waals surface area contributed by atoms with Gasteiger partial charge in [0.15, 0.2) is 5.78 Å². The molecule has 0 bridgehead atoms. The van der Waals surface area contributed by atoms with Crippen molar-refractivity contribution < 1.29 is 9.59 Å². The zero-order valence-corrected chi connectivity index (χ0v) is 15.3. The zero-order chi connectivity index (χ0) is 16.4. The normalized spacial score (nSPS) is 18.5. The van der Waals surface area contributed by atoms with E-state index in [0.717, 1.165) is 29.7 Å². The molecule has 22 heavy (non-hydrogen) atoms. The lowest BCUT2D eigenvalue weighted by atomic mass is 9.98. The topological polar surface area (TPSA) is 37.4 Å². The molecule has 0 saturated carbocycles. The van der Waals surface area contributed by atoms with Crippen LogP contribution in [0.3, 0.4) is 0 Å². The van der Waals surface area contributed by atoms with E-state index >= 15 is 0 Å². The largest absolute Gasteiger partial charge is 0.309 e. The molecule has 1 heterocycles. The van der Waals surface area contributed by atoms with Crippen LogP contribution in [0.4, 0.5) is 5.69 Å². The number of ketones is 1. The van der Waals surface area contributed by atoms with Crippen molar-refractivity contribution >= 4 is 33.3 Å². The number of hydrogen-bond donors (Lipinski definition) is 0. The van der Waals surface area contributed by atoms with E-state index in [1.165, 1.54) is 0 Å². The van der Waals surface area contributed by atoms with Crippen LogP contribution < -0.4 is 4.90 Å². The first-order valence-corrected chi connectivity index (χ1v) is 8.91. The number of amides is 1. The number of anilines is 1. The molecule has 0 aliphatic carbocycles. The number of carbonyl (C=O) groups excluding carboxylic acids is 2. The standard InChI is InChI=1S/C18H24BrNO2/c1-5-6-16(21)20-12(4)9-14-10-13(7-8-15(14)20)18(22)17(19)11(2)3/h7-8,10-12,17H,5-6,9H2,1-4H3. The molecule has 0 radical (unpaired) electrons. The van der Waals surface area contributed by atoms with E-state index in [0.29, 0.717) is 6.42 Å². The van der Waals surface area contributed by atoms with Gasteiger partial charge in [0.1, 0.15) is 0 Å². The zero-order valence-electron chi connectivity index (χ0n) is 13.7. The maximum Gasteiger partial charge on any atom is 0.227 e. The Balaban J connectivity index is 2.29. The van der Waals surface area contributed by atoms with Crippen molar-refractivity contribution in [3.8, 4) is 0 Å².